The van der Waals surface area contributed by atoms with E-state index in [1.807, 2.05) is 0 Å². The third-order valence-electron chi connectivity index (χ3n) is 2.19. The van der Waals surface area contributed by atoms with E-state index in [9.17, 15) is 9.18 Å². The fourth-order valence-electron chi connectivity index (χ4n) is 1.33. The minimum absolute atomic E-state index is 0.0921. The third-order valence-corrected chi connectivity index (χ3v) is 2.19. The maximum atomic E-state index is 13.3. The van der Waals surface area contributed by atoms with Crippen LogP contribution in [0.15, 0.2) is 36.7 Å². The first kappa shape index (κ1) is 12.7. The van der Waals surface area contributed by atoms with E-state index in [0.717, 1.165) is 0 Å². The number of rotatable bonds is 3. The Bertz CT molecular complexity index is 574. The van der Waals surface area contributed by atoms with E-state index < -0.39 is 11.8 Å². The zero-order valence-corrected chi connectivity index (χ0v) is 10.1. The molecular formula is C12H11FN4O2. The molecule has 0 saturated carbocycles. The number of aromatic nitrogens is 2. The maximum Gasteiger partial charge on any atom is 0.323 e. The number of halogens is 1. The number of nitrogens with zero attached hydrogens (tertiary/aromatic N) is 2. The summed E-state index contributed by atoms with van der Waals surface area (Å²) >= 11 is 0. The molecule has 0 atom stereocenters. The molecule has 1 heterocycles. The molecule has 19 heavy (non-hydrogen) atoms. The average Bonchev–Trinajstić information content (AvgIpc) is 2.42. The highest BCUT2D eigenvalue weighted by molar-refractivity contribution is 5.99. The highest BCUT2D eigenvalue weighted by atomic mass is 19.1. The molecule has 1 aromatic heterocycles. The van der Waals surface area contributed by atoms with Gasteiger partial charge in [-0.3, -0.25) is 0 Å². The number of amides is 2. The Kier molecular flexibility index (Phi) is 3.87. The van der Waals surface area contributed by atoms with Crippen molar-refractivity contribution in [1.29, 1.82) is 0 Å². The number of nitrogens with one attached hydrogen (secondary N) is 2. The van der Waals surface area contributed by atoms with Crippen LogP contribution in [0.3, 0.4) is 0 Å². The molecule has 0 bridgehead atoms. The molecule has 0 saturated heterocycles. The fourth-order valence-corrected chi connectivity index (χ4v) is 1.33. The van der Waals surface area contributed by atoms with Gasteiger partial charge < -0.3 is 15.4 Å². The minimum Gasteiger partial charge on any atom is -0.467 e. The SMILES string of the molecule is COc1ncc(NC(=O)Nc2ccccc2F)cn1. The second-order valence-corrected chi connectivity index (χ2v) is 3.52. The Morgan fingerprint density at radius 3 is 2.53 bits per heavy atom. The summed E-state index contributed by atoms with van der Waals surface area (Å²) < 4.78 is 18.1. The number of methoxy groups -OCH3 is 1. The van der Waals surface area contributed by atoms with Crippen LogP contribution in [0.5, 0.6) is 6.01 Å². The Morgan fingerprint density at radius 1 is 1.21 bits per heavy atom. The number of anilines is 2. The molecule has 98 valence electrons. The van der Waals surface area contributed by atoms with Crippen LogP contribution in [-0.4, -0.2) is 23.1 Å². The fraction of sp³-hybridized carbons (Fsp3) is 0.0833. The van der Waals surface area contributed by atoms with Crippen molar-refractivity contribution >= 4 is 17.4 Å². The first-order chi connectivity index (χ1) is 9.19. The number of carbonyl (C=O) groups excluding carboxylic acids is 1. The number of carbonyl (C=O) groups is 1. The molecule has 7 heteroatoms. The van der Waals surface area contributed by atoms with Crippen LogP contribution < -0.4 is 15.4 Å². The normalized spacial score (nSPS) is 9.79. The van der Waals surface area contributed by atoms with Crippen LogP contribution in [0.4, 0.5) is 20.6 Å². The number of para-hydroxylation sites is 1. The smallest absolute Gasteiger partial charge is 0.323 e. The Morgan fingerprint density at radius 2 is 1.89 bits per heavy atom. The summed E-state index contributed by atoms with van der Waals surface area (Å²) in [5.41, 5.74) is 0.462. The largest absolute Gasteiger partial charge is 0.467 e. The van der Waals surface area contributed by atoms with Gasteiger partial charge in [0.05, 0.1) is 30.9 Å². The van der Waals surface area contributed by atoms with Crippen molar-refractivity contribution in [3.05, 3.63) is 42.5 Å². The summed E-state index contributed by atoms with van der Waals surface area (Å²) in [7, 11) is 1.44. The van der Waals surface area contributed by atoms with Crippen LogP contribution in [0.2, 0.25) is 0 Å². The van der Waals surface area contributed by atoms with Gasteiger partial charge in [-0.25, -0.2) is 19.2 Å². The van der Waals surface area contributed by atoms with Crippen molar-refractivity contribution in [1.82, 2.24) is 9.97 Å². The van der Waals surface area contributed by atoms with Crippen LogP contribution in [0.25, 0.3) is 0 Å². The molecular weight excluding hydrogens is 251 g/mol. The van der Waals surface area contributed by atoms with Crippen LogP contribution in [-0.2, 0) is 0 Å². The predicted molar refractivity (Wildman–Crippen MR) is 67.6 cm³/mol. The standard InChI is InChI=1S/C12H11FN4O2/c1-19-12-14-6-8(7-15-12)16-11(18)17-10-5-3-2-4-9(10)13/h2-7H,1H3,(H2,16,17,18). The van der Waals surface area contributed by atoms with Gasteiger partial charge in [-0.1, -0.05) is 12.1 Å². The van der Waals surface area contributed by atoms with Gasteiger partial charge in [-0.2, -0.15) is 0 Å². The van der Waals surface area contributed by atoms with E-state index in [1.165, 1.54) is 37.7 Å². The molecule has 0 fully saturated rings. The molecule has 2 rings (SSSR count). The van der Waals surface area contributed by atoms with Crippen molar-refractivity contribution in [3.8, 4) is 6.01 Å². The Labute approximate surface area is 108 Å². The summed E-state index contributed by atoms with van der Waals surface area (Å²) in [6.45, 7) is 0. The molecule has 0 aliphatic carbocycles. The Hall–Kier alpha value is -2.70. The Balaban J connectivity index is 1.99. The van der Waals surface area contributed by atoms with Crippen molar-refractivity contribution in [3.63, 3.8) is 0 Å². The van der Waals surface area contributed by atoms with Crippen molar-refractivity contribution in [2.45, 2.75) is 0 Å². The lowest BCUT2D eigenvalue weighted by Crippen LogP contribution is -2.20. The minimum atomic E-state index is -0.584. The molecule has 1 aromatic carbocycles. The van der Waals surface area contributed by atoms with E-state index in [1.54, 1.807) is 6.07 Å². The van der Waals surface area contributed by atoms with Crippen molar-refractivity contribution < 1.29 is 13.9 Å². The summed E-state index contributed by atoms with van der Waals surface area (Å²) in [6.07, 6.45) is 2.76. The molecule has 6 nitrogen and oxygen atoms in total. The molecule has 2 N–H and O–H groups in total. The molecule has 2 amide bonds. The van der Waals surface area contributed by atoms with Crippen molar-refractivity contribution in [2.75, 3.05) is 17.7 Å². The maximum absolute atomic E-state index is 13.3. The van der Waals surface area contributed by atoms with Crippen molar-refractivity contribution in [2.24, 2.45) is 0 Å². The molecule has 0 radical (unpaired) electrons. The van der Waals surface area contributed by atoms with E-state index in [4.69, 9.17) is 4.74 Å². The lowest BCUT2D eigenvalue weighted by molar-refractivity contribution is 0.262. The van der Waals surface area contributed by atoms with E-state index >= 15 is 0 Å². The molecule has 2 aromatic rings. The van der Waals surface area contributed by atoms with Gasteiger partial charge in [-0.15, -0.1) is 0 Å². The highest BCUT2D eigenvalue weighted by Gasteiger charge is 2.06. The zero-order chi connectivity index (χ0) is 13.7. The number of benzene rings is 1. The monoisotopic (exact) mass is 262 g/mol. The van der Waals surface area contributed by atoms with Gasteiger partial charge in [-0.05, 0) is 12.1 Å². The first-order valence-electron chi connectivity index (χ1n) is 5.37. The first-order valence-corrected chi connectivity index (χ1v) is 5.37. The summed E-state index contributed by atoms with van der Waals surface area (Å²) in [5, 5.41) is 4.85. The van der Waals surface area contributed by atoms with Gasteiger partial charge >= 0.3 is 12.0 Å². The average molecular weight is 262 g/mol. The summed E-state index contributed by atoms with van der Waals surface area (Å²) in [5.74, 6) is -0.511. The number of urea groups is 1. The molecule has 0 spiro atoms. The number of hydrogen-bond donors (Lipinski definition) is 2. The number of hydrogen-bond acceptors (Lipinski definition) is 4. The van der Waals surface area contributed by atoms with E-state index in [2.05, 4.69) is 20.6 Å². The quantitative estimate of drug-likeness (QED) is 0.889. The number of ether oxygens (including phenoxy) is 1. The van der Waals surface area contributed by atoms with Gasteiger partial charge in [0.15, 0.2) is 0 Å². The van der Waals surface area contributed by atoms with Crippen LogP contribution >= 0.6 is 0 Å². The predicted octanol–water partition coefficient (Wildman–Crippen LogP) is 2.27. The second-order valence-electron chi connectivity index (χ2n) is 3.52. The molecule has 0 aliphatic rings. The van der Waals surface area contributed by atoms with Gasteiger partial charge in [0, 0.05) is 0 Å². The highest BCUT2D eigenvalue weighted by Crippen LogP contribution is 2.13. The third kappa shape index (κ3) is 3.38. The molecule has 0 unspecified atom stereocenters. The van der Waals surface area contributed by atoms with Crippen LogP contribution in [0, 0.1) is 5.82 Å². The van der Waals surface area contributed by atoms with Gasteiger partial charge in [0.25, 0.3) is 0 Å². The van der Waals surface area contributed by atoms with Gasteiger partial charge in [0.1, 0.15) is 5.82 Å². The van der Waals surface area contributed by atoms with E-state index in [-0.39, 0.29) is 11.7 Å². The second kappa shape index (κ2) is 5.76. The molecule has 0 aliphatic heterocycles. The van der Waals surface area contributed by atoms with Crippen LogP contribution in [0.1, 0.15) is 0 Å². The topological polar surface area (TPSA) is 76.1 Å². The lowest BCUT2D eigenvalue weighted by atomic mass is 10.3. The van der Waals surface area contributed by atoms with E-state index in [0.29, 0.717) is 5.69 Å². The lowest BCUT2D eigenvalue weighted by Gasteiger charge is -2.07. The zero-order valence-electron chi connectivity index (χ0n) is 10.1. The van der Waals surface area contributed by atoms with Gasteiger partial charge in [0.2, 0.25) is 0 Å². The summed E-state index contributed by atoms with van der Waals surface area (Å²) in [6, 6.07) is 5.48. The summed E-state index contributed by atoms with van der Waals surface area (Å²) in [4.78, 5) is 19.3.